The maximum absolute atomic E-state index is 12.0. The van der Waals surface area contributed by atoms with Gasteiger partial charge in [0.05, 0.1) is 4.47 Å². The number of anilines is 1. The van der Waals surface area contributed by atoms with Crippen molar-refractivity contribution >= 4 is 33.6 Å². The molecule has 2 amide bonds. The van der Waals surface area contributed by atoms with Crippen LogP contribution in [0.5, 0.6) is 0 Å². The molecule has 6 heteroatoms. The normalized spacial score (nSPS) is 9.95. The fourth-order valence-corrected chi connectivity index (χ4v) is 1.83. The average molecular weight is 320 g/mol. The van der Waals surface area contributed by atoms with Gasteiger partial charge in [-0.3, -0.25) is 9.59 Å². The topological polar surface area (TPSA) is 85.1 Å². The number of aromatic nitrogens is 1. The molecular weight excluding hydrogens is 310 g/mol. The number of halogens is 1. The fraction of sp³-hybridized carbons (Fsp3) is 0. The van der Waals surface area contributed by atoms with Gasteiger partial charge < -0.3 is 11.1 Å². The predicted octanol–water partition coefficient (Wildman–Crippen LogP) is 2.20. The molecule has 3 N–H and O–H groups in total. The molecule has 19 heavy (non-hydrogen) atoms. The standard InChI is InChI=1S/C13H10BrN3O2/c14-10-5-2-6-16-12(10)17-13(19)9-4-1-3-8(7-9)11(15)18/h1-7H,(H2,15,18)(H,16,17,19). The van der Waals surface area contributed by atoms with Gasteiger partial charge in [0, 0.05) is 17.3 Å². The zero-order valence-corrected chi connectivity index (χ0v) is 11.3. The summed E-state index contributed by atoms with van der Waals surface area (Å²) in [6.45, 7) is 0. The van der Waals surface area contributed by atoms with E-state index in [0.29, 0.717) is 15.9 Å². The predicted molar refractivity (Wildman–Crippen MR) is 74.9 cm³/mol. The number of nitrogens with one attached hydrogen (secondary N) is 1. The third kappa shape index (κ3) is 3.17. The highest BCUT2D eigenvalue weighted by atomic mass is 79.9. The van der Waals surface area contributed by atoms with Crippen molar-refractivity contribution in [3.05, 3.63) is 58.2 Å². The number of hydrogen-bond acceptors (Lipinski definition) is 3. The number of benzene rings is 1. The fourth-order valence-electron chi connectivity index (χ4n) is 1.47. The molecule has 0 bridgehead atoms. The molecule has 0 atom stereocenters. The molecule has 0 aliphatic heterocycles. The minimum Gasteiger partial charge on any atom is -0.366 e. The van der Waals surface area contributed by atoms with E-state index in [1.54, 1.807) is 36.5 Å². The van der Waals surface area contributed by atoms with E-state index >= 15 is 0 Å². The molecule has 2 rings (SSSR count). The Morgan fingerprint density at radius 3 is 2.58 bits per heavy atom. The molecule has 0 unspecified atom stereocenters. The monoisotopic (exact) mass is 319 g/mol. The van der Waals surface area contributed by atoms with E-state index in [2.05, 4.69) is 26.2 Å². The van der Waals surface area contributed by atoms with Gasteiger partial charge in [-0.25, -0.2) is 4.98 Å². The van der Waals surface area contributed by atoms with Gasteiger partial charge in [-0.05, 0) is 46.3 Å². The lowest BCUT2D eigenvalue weighted by Gasteiger charge is -2.06. The molecule has 0 aliphatic carbocycles. The second kappa shape index (κ2) is 5.62. The number of primary amides is 1. The number of carbonyl (C=O) groups is 2. The van der Waals surface area contributed by atoms with E-state index < -0.39 is 5.91 Å². The molecule has 1 aromatic heterocycles. The van der Waals surface area contributed by atoms with Gasteiger partial charge in [0.15, 0.2) is 0 Å². The maximum atomic E-state index is 12.0. The summed E-state index contributed by atoms with van der Waals surface area (Å²) in [5.41, 5.74) is 5.80. The molecule has 2 aromatic rings. The van der Waals surface area contributed by atoms with E-state index in [0.717, 1.165) is 0 Å². The van der Waals surface area contributed by atoms with E-state index in [9.17, 15) is 9.59 Å². The summed E-state index contributed by atoms with van der Waals surface area (Å²) in [6.07, 6.45) is 1.57. The first-order valence-electron chi connectivity index (χ1n) is 5.39. The average Bonchev–Trinajstić information content (AvgIpc) is 2.41. The molecule has 0 saturated heterocycles. The molecule has 0 spiro atoms. The summed E-state index contributed by atoms with van der Waals surface area (Å²) in [7, 11) is 0. The van der Waals surface area contributed by atoms with Gasteiger partial charge in [0.2, 0.25) is 5.91 Å². The number of carbonyl (C=O) groups excluding carboxylic acids is 2. The summed E-state index contributed by atoms with van der Waals surface area (Å²) in [5, 5.41) is 2.64. The summed E-state index contributed by atoms with van der Waals surface area (Å²) in [5.74, 6) is -0.520. The Morgan fingerprint density at radius 1 is 1.16 bits per heavy atom. The van der Waals surface area contributed by atoms with Crippen LogP contribution in [-0.2, 0) is 0 Å². The SMILES string of the molecule is NC(=O)c1cccc(C(=O)Nc2ncccc2Br)c1. The Labute approximate surface area is 118 Å². The molecule has 1 heterocycles. The van der Waals surface area contributed by atoms with Gasteiger partial charge in [-0.15, -0.1) is 0 Å². The van der Waals surface area contributed by atoms with Gasteiger partial charge >= 0.3 is 0 Å². The van der Waals surface area contributed by atoms with Crippen molar-refractivity contribution in [2.24, 2.45) is 5.73 Å². The van der Waals surface area contributed by atoms with Crippen LogP contribution in [-0.4, -0.2) is 16.8 Å². The first kappa shape index (κ1) is 13.2. The first-order chi connectivity index (χ1) is 9.08. The van der Waals surface area contributed by atoms with Crippen molar-refractivity contribution in [1.29, 1.82) is 0 Å². The molecule has 0 saturated carbocycles. The van der Waals surface area contributed by atoms with Gasteiger partial charge in [0.1, 0.15) is 5.82 Å². The van der Waals surface area contributed by atoms with Gasteiger partial charge in [-0.1, -0.05) is 6.07 Å². The number of hydrogen-bond donors (Lipinski definition) is 2. The van der Waals surface area contributed by atoms with Crippen molar-refractivity contribution in [3.8, 4) is 0 Å². The van der Waals surface area contributed by atoms with Crippen LogP contribution in [0.2, 0.25) is 0 Å². The number of nitrogens with two attached hydrogens (primary N) is 1. The van der Waals surface area contributed by atoms with Crippen molar-refractivity contribution in [2.75, 3.05) is 5.32 Å². The zero-order chi connectivity index (χ0) is 13.8. The van der Waals surface area contributed by atoms with E-state index in [4.69, 9.17) is 5.73 Å². The van der Waals surface area contributed by atoms with Crippen molar-refractivity contribution in [2.45, 2.75) is 0 Å². The zero-order valence-electron chi connectivity index (χ0n) is 9.76. The molecule has 0 fully saturated rings. The number of amides is 2. The van der Waals surface area contributed by atoms with Crippen LogP contribution in [0.15, 0.2) is 47.1 Å². The minimum absolute atomic E-state index is 0.285. The lowest BCUT2D eigenvalue weighted by atomic mass is 10.1. The summed E-state index contributed by atoms with van der Waals surface area (Å²) < 4.78 is 0.675. The number of nitrogens with zero attached hydrogens (tertiary/aromatic N) is 1. The van der Waals surface area contributed by atoms with Crippen molar-refractivity contribution in [3.63, 3.8) is 0 Å². The smallest absolute Gasteiger partial charge is 0.256 e. The Bertz CT molecular complexity index is 643. The third-order valence-corrected chi connectivity index (χ3v) is 3.04. The van der Waals surface area contributed by atoms with Crippen molar-refractivity contribution in [1.82, 2.24) is 4.98 Å². The van der Waals surface area contributed by atoms with E-state index in [1.165, 1.54) is 6.07 Å². The Hall–Kier alpha value is -2.21. The summed E-state index contributed by atoms with van der Waals surface area (Å²) in [6, 6.07) is 9.70. The van der Waals surface area contributed by atoms with Gasteiger partial charge in [0.25, 0.3) is 5.91 Å². The lowest BCUT2D eigenvalue weighted by molar-refractivity contribution is 0.1000. The molecule has 5 nitrogen and oxygen atoms in total. The second-order valence-electron chi connectivity index (χ2n) is 3.73. The van der Waals surface area contributed by atoms with Crippen LogP contribution in [0.1, 0.15) is 20.7 Å². The van der Waals surface area contributed by atoms with E-state index in [-0.39, 0.29) is 11.5 Å². The maximum Gasteiger partial charge on any atom is 0.256 e. The third-order valence-electron chi connectivity index (χ3n) is 2.40. The van der Waals surface area contributed by atoms with Crippen LogP contribution in [0, 0.1) is 0 Å². The number of pyridine rings is 1. The summed E-state index contributed by atoms with van der Waals surface area (Å²) in [4.78, 5) is 27.1. The summed E-state index contributed by atoms with van der Waals surface area (Å²) >= 11 is 3.28. The highest BCUT2D eigenvalue weighted by molar-refractivity contribution is 9.10. The molecule has 96 valence electrons. The Kier molecular flexibility index (Phi) is 3.91. The molecule has 0 radical (unpaired) electrons. The first-order valence-corrected chi connectivity index (χ1v) is 6.19. The largest absolute Gasteiger partial charge is 0.366 e. The van der Waals surface area contributed by atoms with Gasteiger partial charge in [-0.2, -0.15) is 0 Å². The van der Waals surface area contributed by atoms with Crippen LogP contribution in [0.3, 0.4) is 0 Å². The number of rotatable bonds is 3. The minimum atomic E-state index is -0.575. The van der Waals surface area contributed by atoms with Crippen LogP contribution >= 0.6 is 15.9 Å². The lowest BCUT2D eigenvalue weighted by Crippen LogP contribution is -2.16. The van der Waals surface area contributed by atoms with Crippen LogP contribution in [0.25, 0.3) is 0 Å². The molecule has 1 aromatic carbocycles. The highest BCUT2D eigenvalue weighted by Crippen LogP contribution is 2.19. The van der Waals surface area contributed by atoms with E-state index in [1.807, 2.05) is 0 Å². The highest BCUT2D eigenvalue weighted by Gasteiger charge is 2.10. The van der Waals surface area contributed by atoms with Crippen molar-refractivity contribution < 1.29 is 9.59 Å². The Morgan fingerprint density at radius 2 is 1.89 bits per heavy atom. The molecule has 0 aliphatic rings. The van der Waals surface area contributed by atoms with Crippen LogP contribution in [0.4, 0.5) is 5.82 Å². The molecular formula is C13H10BrN3O2. The Balaban J connectivity index is 2.23. The van der Waals surface area contributed by atoms with Crippen LogP contribution < -0.4 is 11.1 Å². The quantitative estimate of drug-likeness (QED) is 0.909. The second-order valence-corrected chi connectivity index (χ2v) is 4.59.